The van der Waals surface area contributed by atoms with E-state index in [1.54, 1.807) is 0 Å². The molecule has 20 heavy (non-hydrogen) atoms. The number of amides is 2. The minimum absolute atomic E-state index is 0.0675. The molecule has 0 unspecified atom stereocenters. The molecule has 0 saturated heterocycles. The van der Waals surface area contributed by atoms with E-state index in [0.717, 1.165) is 31.7 Å². The van der Waals surface area contributed by atoms with Crippen LogP contribution in [0.3, 0.4) is 0 Å². The zero-order valence-electron chi connectivity index (χ0n) is 11.0. The van der Waals surface area contributed by atoms with Crippen LogP contribution in [0.5, 0.6) is 0 Å². The Balaban J connectivity index is 1.71. The molecule has 0 spiro atoms. The maximum atomic E-state index is 12.9. The van der Waals surface area contributed by atoms with Gasteiger partial charge in [0.05, 0.1) is 12.6 Å². The first kappa shape index (κ1) is 14.5. The van der Waals surface area contributed by atoms with Gasteiger partial charge in [-0.3, -0.25) is 14.4 Å². The van der Waals surface area contributed by atoms with Crippen molar-refractivity contribution in [3.63, 3.8) is 0 Å². The highest BCUT2D eigenvalue weighted by molar-refractivity contribution is 5.96. The molecular weight excluding hydrogens is 263 g/mol. The maximum Gasteiger partial charge on any atom is 0.262 e. The third kappa shape index (κ3) is 4.31. The summed E-state index contributed by atoms with van der Waals surface area (Å²) in [6.07, 6.45) is 4.16. The lowest BCUT2D eigenvalue weighted by atomic mass is 10.2. The Kier molecular flexibility index (Phi) is 5.06. The van der Waals surface area contributed by atoms with Gasteiger partial charge in [0, 0.05) is 5.56 Å². The predicted molar refractivity (Wildman–Crippen MR) is 70.2 cm³/mol. The van der Waals surface area contributed by atoms with Gasteiger partial charge in [-0.05, 0) is 31.0 Å². The van der Waals surface area contributed by atoms with Crippen LogP contribution in [0.15, 0.2) is 24.3 Å². The molecule has 1 aliphatic rings. The Morgan fingerprint density at radius 2 is 2.05 bits per heavy atom. The van der Waals surface area contributed by atoms with Gasteiger partial charge in [-0.15, -0.1) is 0 Å². The van der Waals surface area contributed by atoms with Crippen LogP contribution in [0, 0.1) is 5.82 Å². The molecule has 0 heterocycles. The third-order valence-electron chi connectivity index (χ3n) is 3.14. The van der Waals surface area contributed by atoms with Crippen LogP contribution in [-0.2, 0) is 9.63 Å². The van der Waals surface area contributed by atoms with Gasteiger partial charge in [0.2, 0.25) is 0 Å². The summed E-state index contributed by atoms with van der Waals surface area (Å²) in [7, 11) is 0. The van der Waals surface area contributed by atoms with Gasteiger partial charge in [-0.1, -0.05) is 18.9 Å². The Labute approximate surface area is 116 Å². The summed E-state index contributed by atoms with van der Waals surface area (Å²) in [6.45, 7) is -0.206. The van der Waals surface area contributed by atoms with Crippen molar-refractivity contribution >= 4 is 11.8 Å². The largest absolute Gasteiger partial charge is 0.343 e. The lowest BCUT2D eigenvalue weighted by Gasteiger charge is -2.11. The summed E-state index contributed by atoms with van der Waals surface area (Å²) in [5, 5.41) is 2.40. The van der Waals surface area contributed by atoms with Crippen molar-refractivity contribution in [1.82, 2.24) is 10.8 Å². The lowest BCUT2D eigenvalue weighted by molar-refractivity contribution is -0.137. The average Bonchev–Trinajstić information content (AvgIpc) is 2.95. The van der Waals surface area contributed by atoms with Crippen LogP contribution < -0.4 is 10.8 Å². The number of rotatable bonds is 5. The number of hydroxylamine groups is 1. The number of hydrogen-bond donors (Lipinski definition) is 2. The topological polar surface area (TPSA) is 67.4 Å². The van der Waals surface area contributed by atoms with Gasteiger partial charge >= 0.3 is 0 Å². The molecule has 5 nitrogen and oxygen atoms in total. The van der Waals surface area contributed by atoms with Gasteiger partial charge in [0.1, 0.15) is 5.82 Å². The summed E-state index contributed by atoms with van der Waals surface area (Å²) >= 11 is 0. The van der Waals surface area contributed by atoms with Gasteiger partial charge in [-0.25, -0.2) is 9.87 Å². The van der Waals surface area contributed by atoms with E-state index in [9.17, 15) is 14.0 Å². The average molecular weight is 280 g/mol. The molecule has 0 aromatic heterocycles. The molecule has 0 radical (unpaired) electrons. The molecule has 1 aliphatic carbocycles. The summed E-state index contributed by atoms with van der Waals surface area (Å²) in [4.78, 5) is 28.4. The molecule has 1 aromatic rings. The van der Waals surface area contributed by atoms with Gasteiger partial charge in [-0.2, -0.15) is 0 Å². The normalized spacial score (nSPS) is 15.1. The molecule has 2 N–H and O–H groups in total. The van der Waals surface area contributed by atoms with Crippen molar-refractivity contribution in [2.24, 2.45) is 0 Å². The van der Waals surface area contributed by atoms with E-state index in [4.69, 9.17) is 4.84 Å². The smallest absolute Gasteiger partial charge is 0.262 e. The van der Waals surface area contributed by atoms with Crippen molar-refractivity contribution in [3.8, 4) is 0 Å². The zero-order valence-corrected chi connectivity index (χ0v) is 11.0. The van der Waals surface area contributed by atoms with Crippen molar-refractivity contribution in [1.29, 1.82) is 0 Å². The van der Waals surface area contributed by atoms with Crippen molar-refractivity contribution in [3.05, 3.63) is 35.6 Å². The van der Waals surface area contributed by atoms with Crippen molar-refractivity contribution in [2.75, 3.05) is 6.54 Å². The maximum absolute atomic E-state index is 12.9. The summed E-state index contributed by atoms with van der Waals surface area (Å²) in [5.74, 6) is -1.42. The Morgan fingerprint density at radius 1 is 1.30 bits per heavy atom. The van der Waals surface area contributed by atoms with Crippen molar-refractivity contribution < 1.29 is 18.8 Å². The van der Waals surface area contributed by atoms with Crippen LogP contribution in [0.4, 0.5) is 4.39 Å². The van der Waals surface area contributed by atoms with Gasteiger partial charge in [0.15, 0.2) is 0 Å². The highest BCUT2D eigenvalue weighted by Crippen LogP contribution is 2.19. The monoisotopic (exact) mass is 280 g/mol. The van der Waals surface area contributed by atoms with E-state index in [2.05, 4.69) is 10.8 Å². The SMILES string of the molecule is O=C(CNC(=O)c1cccc(F)c1)NOC1CCCC1. The van der Waals surface area contributed by atoms with Crippen LogP contribution in [0.2, 0.25) is 0 Å². The first-order valence-electron chi connectivity index (χ1n) is 6.63. The fraction of sp³-hybridized carbons (Fsp3) is 0.429. The summed E-state index contributed by atoms with van der Waals surface area (Å²) < 4.78 is 12.9. The quantitative estimate of drug-likeness (QED) is 0.804. The third-order valence-corrected chi connectivity index (χ3v) is 3.14. The van der Waals surface area contributed by atoms with E-state index < -0.39 is 17.6 Å². The number of nitrogens with one attached hydrogen (secondary N) is 2. The summed E-state index contributed by atoms with van der Waals surface area (Å²) in [6, 6.07) is 5.28. The standard InChI is InChI=1S/C14H17FN2O3/c15-11-5-3-4-10(8-11)14(19)16-9-13(18)17-20-12-6-1-2-7-12/h3-5,8,12H,1-2,6-7,9H2,(H,16,19)(H,17,18). The van der Waals surface area contributed by atoms with E-state index >= 15 is 0 Å². The van der Waals surface area contributed by atoms with E-state index in [-0.39, 0.29) is 18.2 Å². The molecule has 1 fully saturated rings. The highest BCUT2D eigenvalue weighted by Gasteiger charge is 2.17. The molecular formula is C14H17FN2O3. The Hall–Kier alpha value is -1.95. The van der Waals surface area contributed by atoms with Crippen LogP contribution in [0.1, 0.15) is 36.0 Å². The Morgan fingerprint density at radius 3 is 2.75 bits per heavy atom. The van der Waals surface area contributed by atoms with Crippen LogP contribution >= 0.6 is 0 Å². The van der Waals surface area contributed by atoms with E-state index in [1.165, 1.54) is 18.2 Å². The first-order chi connectivity index (χ1) is 9.65. The molecule has 108 valence electrons. The van der Waals surface area contributed by atoms with Gasteiger partial charge < -0.3 is 5.32 Å². The number of halogens is 1. The lowest BCUT2D eigenvalue weighted by Crippen LogP contribution is -2.38. The molecule has 1 aromatic carbocycles. The number of carbonyl (C=O) groups excluding carboxylic acids is 2. The minimum Gasteiger partial charge on any atom is -0.343 e. The number of carbonyl (C=O) groups is 2. The molecule has 0 aliphatic heterocycles. The predicted octanol–water partition coefficient (Wildman–Crippen LogP) is 1.55. The second-order valence-corrected chi connectivity index (χ2v) is 4.74. The molecule has 0 atom stereocenters. The number of benzene rings is 1. The van der Waals surface area contributed by atoms with E-state index in [0.29, 0.717) is 0 Å². The second kappa shape index (κ2) is 7.00. The molecule has 2 rings (SSSR count). The molecule has 2 amide bonds. The van der Waals surface area contributed by atoms with Crippen LogP contribution in [0.25, 0.3) is 0 Å². The molecule has 1 saturated carbocycles. The Bertz CT molecular complexity index is 487. The second-order valence-electron chi connectivity index (χ2n) is 4.74. The van der Waals surface area contributed by atoms with E-state index in [1.807, 2.05) is 0 Å². The van der Waals surface area contributed by atoms with Gasteiger partial charge in [0.25, 0.3) is 11.8 Å². The first-order valence-corrected chi connectivity index (χ1v) is 6.63. The molecule has 6 heteroatoms. The zero-order chi connectivity index (χ0) is 14.4. The highest BCUT2D eigenvalue weighted by atomic mass is 19.1. The molecule has 0 bridgehead atoms. The number of hydrogen-bond acceptors (Lipinski definition) is 3. The summed E-state index contributed by atoms with van der Waals surface area (Å²) in [5.41, 5.74) is 2.49. The fourth-order valence-electron chi connectivity index (χ4n) is 2.08. The van der Waals surface area contributed by atoms with Crippen LogP contribution in [-0.4, -0.2) is 24.5 Å². The fourth-order valence-corrected chi connectivity index (χ4v) is 2.08. The van der Waals surface area contributed by atoms with Crippen molar-refractivity contribution in [2.45, 2.75) is 31.8 Å². The minimum atomic E-state index is -0.500.